The van der Waals surface area contributed by atoms with Gasteiger partial charge in [-0.05, 0) is 23.9 Å². The monoisotopic (exact) mass is 393 g/mol. The number of aromatic nitrogens is 4. The Kier molecular flexibility index (Phi) is 4.81. The normalized spacial score (nSPS) is 10.8. The number of oxazole rings is 1. The molecule has 0 aliphatic heterocycles. The van der Waals surface area contributed by atoms with Crippen molar-refractivity contribution >= 4 is 28.8 Å². The number of rotatable bonds is 6. The molecule has 0 fully saturated rings. The van der Waals surface area contributed by atoms with Gasteiger partial charge in [-0.2, -0.15) is 9.90 Å². The van der Waals surface area contributed by atoms with E-state index in [0.29, 0.717) is 23.0 Å². The van der Waals surface area contributed by atoms with Crippen LogP contribution in [0.1, 0.15) is 32.6 Å². The molecule has 1 N–H and O–H groups in total. The molecule has 0 aliphatic rings. The van der Waals surface area contributed by atoms with Crippen molar-refractivity contribution in [2.45, 2.75) is 13.5 Å². The lowest BCUT2D eigenvalue weighted by Gasteiger charge is -2.01. The molecule has 0 spiro atoms. The number of thiophene rings is 1. The average molecular weight is 393 g/mol. The van der Waals surface area contributed by atoms with Crippen LogP contribution in [-0.2, 0) is 6.54 Å². The summed E-state index contributed by atoms with van der Waals surface area (Å²) in [4.78, 5) is 30.1. The third kappa shape index (κ3) is 3.74. The summed E-state index contributed by atoms with van der Waals surface area (Å²) >= 11 is 1.39. The van der Waals surface area contributed by atoms with Crippen LogP contribution in [0.2, 0.25) is 0 Å². The third-order valence-corrected chi connectivity index (χ3v) is 5.00. The highest BCUT2D eigenvalue weighted by atomic mass is 32.1. The Hall–Kier alpha value is -3.59. The molecule has 0 saturated carbocycles. The van der Waals surface area contributed by atoms with Gasteiger partial charge < -0.3 is 9.73 Å². The van der Waals surface area contributed by atoms with Gasteiger partial charge in [-0.1, -0.05) is 30.3 Å². The van der Waals surface area contributed by atoms with Gasteiger partial charge in [-0.15, -0.1) is 16.4 Å². The van der Waals surface area contributed by atoms with Crippen molar-refractivity contribution in [1.29, 1.82) is 0 Å². The average Bonchev–Trinajstić information content (AvgIpc) is 3.43. The molecule has 1 aromatic carbocycles. The number of benzene rings is 1. The molecule has 28 heavy (non-hydrogen) atoms. The summed E-state index contributed by atoms with van der Waals surface area (Å²) in [6.45, 7) is 1.93. The second-order valence-electron chi connectivity index (χ2n) is 5.99. The molecule has 140 valence electrons. The van der Waals surface area contributed by atoms with Crippen LogP contribution >= 0.6 is 11.3 Å². The predicted octanol–water partition coefficient (Wildman–Crippen LogP) is 3.50. The van der Waals surface area contributed by atoms with E-state index >= 15 is 0 Å². The van der Waals surface area contributed by atoms with E-state index in [9.17, 15) is 9.59 Å². The molecule has 3 aromatic heterocycles. The van der Waals surface area contributed by atoms with Gasteiger partial charge in [0.1, 0.15) is 0 Å². The number of hydrogen-bond acceptors (Lipinski definition) is 7. The van der Waals surface area contributed by atoms with E-state index in [0.717, 1.165) is 11.1 Å². The minimum absolute atomic E-state index is 0.0273. The molecular formula is C19H15N5O3S. The molecule has 4 rings (SSSR count). The number of amides is 1. The van der Waals surface area contributed by atoms with E-state index in [1.54, 1.807) is 0 Å². The summed E-state index contributed by atoms with van der Waals surface area (Å²) in [6, 6.07) is 11.1. The molecule has 0 bridgehead atoms. The van der Waals surface area contributed by atoms with Crippen molar-refractivity contribution in [3.05, 3.63) is 70.5 Å². The highest BCUT2D eigenvalue weighted by molar-refractivity contribution is 7.12. The zero-order valence-corrected chi connectivity index (χ0v) is 15.6. The second kappa shape index (κ2) is 7.57. The zero-order valence-electron chi connectivity index (χ0n) is 14.8. The van der Waals surface area contributed by atoms with Crippen LogP contribution in [0.25, 0.3) is 11.3 Å². The summed E-state index contributed by atoms with van der Waals surface area (Å²) in [7, 11) is 0. The molecule has 0 saturated heterocycles. The summed E-state index contributed by atoms with van der Waals surface area (Å²) in [5, 5.41) is 13.0. The Morgan fingerprint density at radius 2 is 2.07 bits per heavy atom. The van der Waals surface area contributed by atoms with Crippen LogP contribution in [0, 0.1) is 0 Å². The van der Waals surface area contributed by atoms with Crippen LogP contribution in [-0.4, -0.2) is 31.7 Å². The lowest BCUT2D eigenvalue weighted by atomic mass is 10.1. The molecule has 0 aliphatic carbocycles. The standard InChI is InChI=1S/C19H15N5O3S/c1-12(25)15-7-13(10-28-15)9-24-21-8-16(23-24)22-19(26)17-18(27-11-20-17)14-5-3-2-4-6-14/h2-8,10-11H,9H2,1H3,(H,22,23,26). The molecule has 9 heteroatoms. The van der Waals surface area contributed by atoms with Gasteiger partial charge in [0.15, 0.2) is 29.4 Å². The first-order valence-corrected chi connectivity index (χ1v) is 9.27. The van der Waals surface area contributed by atoms with Gasteiger partial charge in [0, 0.05) is 5.56 Å². The van der Waals surface area contributed by atoms with Gasteiger partial charge in [-0.3, -0.25) is 9.59 Å². The minimum atomic E-state index is -0.436. The van der Waals surface area contributed by atoms with Gasteiger partial charge in [0.25, 0.3) is 5.91 Å². The molecule has 4 aromatic rings. The predicted molar refractivity (Wildman–Crippen MR) is 103 cm³/mol. The molecule has 0 atom stereocenters. The Labute approximate surface area is 163 Å². The fourth-order valence-corrected chi connectivity index (χ4v) is 3.42. The van der Waals surface area contributed by atoms with Crippen LogP contribution < -0.4 is 5.32 Å². The smallest absolute Gasteiger partial charge is 0.279 e. The third-order valence-electron chi connectivity index (χ3n) is 3.92. The molecule has 0 radical (unpaired) electrons. The minimum Gasteiger partial charge on any atom is -0.443 e. The van der Waals surface area contributed by atoms with Crippen molar-refractivity contribution in [2.24, 2.45) is 0 Å². The van der Waals surface area contributed by atoms with E-state index in [1.807, 2.05) is 41.8 Å². The number of Topliss-reactive ketones (excluding diaryl/α,β-unsaturated/α-hetero) is 1. The number of hydrogen-bond donors (Lipinski definition) is 1. The summed E-state index contributed by atoms with van der Waals surface area (Å²) in [6.07, 6.45) is 2.69. The first kappa shape index (κ1) is 17.8. The SMILES string of the molecule is CC(=O)c1cc(Cn2ncc(NC(=O)c3ncoc3-c3ccccc3)n2)cs1. The lowest BCUT2D eigenvalue weighted by Crippen LogP contribution is -2.14. The van der Waals surface area contributed by atoms with Crippen molar-refractivity contribution < 1.29 is 14.0 Å². The highest BCUT2D eigenvalue weighted by Crippen LogP contribution is 2.23. The van der Waals surface area contributed by atoms with E-state index in [1.165, 1.54) is 35.6 Å². The Balaban J connectivity index is 1.46. The lowest BCUT2D eigenvalue weighted by molar-refractivity contribution is 0.101. The van der Waals surface area contributed by atoms with E-state index in [2.05, 4.69) is 20.5 Å². The number of nitrogens with one attached hydrogen (secondary N) is 1. The summed E-state index contributed by atoms with van der Waals surface area (Å²) in [5.41, 5.74) is 1.85. The molecular weight excluding hydrogens is 378 g/mol. The maximum atomic E-state index is 12.6. The molecule has 3 heterocycles. The largest absolute Gasteiger partial charge is 0.443 e. The van der Waals surface area contributed by atoms with Gasteiger partial charge in [0.2, 0.25) is 0 Å². The summed E-state index contributed by atoms with van der Waals surface area (Å²) < 4.78 is 5.38. The fourth-order valence-electron chi connectivity index (χ4n) is 2.61. The summed E-state index contributed by atoms with van der Waals surface area (Å²) in [5.74, 6) is 0.281. The number of anilines is 1. The zero-order chi connectivity index (χ0) is 19.5. The van der Waals surface area contributed by atoms with Crippen LogP contribution in [0.4, 0.5) is 5.82 Å². The van der Waals surface area contributed by atoms with E-state index in [4.69, 9.17) is 4.42 Å². The molecule has 1 amide bonds. The van der Waals surface area contributed by atoms with Crippen LogP contribution in [0.5, 0.6) is 0 Å². The first-order chi connectivity index (χ1) is 13.6. The van der Waals surface area contributed by atoms with Gasteiger partial charge in [0.05, 0.1) is 17.6 Å². The number of nitrogens with zero attached hydrogens (tertiary/aromatic N) is 4. The molecule has 0 unspecified atom stereocenters. The Morgan fingerprint density at radius 1 is 1.25 bits per heavy atom. The fraction of sp³-hybridized carbons (Fsp3) is 0.105. The Morgan fingerprint density at radius 3 is 2.82 bits per heavy atom. The molecule has 8 nitrogen and oxygen atoms in total. The van der Waals surface area contributed by atoms with Crippen molar-refractivity contribution in [1.82, 2.24) is 20.0 Å². The van der Waals surface area contributed by atoms with Crippen molar-refractivity contribution in [3.8, 4) is 11.3 Å². The quantitative estimate of drug-likeness (QED) is 0.503. The van der Waals surface area contributed by atoms with Crippen LogP contribution in [0.15, 0.2) is 58.8 Å². The van der Waals surface area contributed by atoms with Crippen LogP contribution in [0.3, 0.4) is 0 Å². The number of carbonyl (C=O) groups excluding carboxylic acids is 2. The van der Waals surface area contributed by atoms with Gasteiger partial charge >= 0.3 is 0 Å². The maximum Gasteiger partial charge on any atom is 0.279 e. The van der Waals surface area contributed by atoms with E-state index in [-0.39, 0.29) is 11.5 Å². The number of carbonyl (C=O) groups is 2. The van der Waals surface area contributed by atoms with Crippen molar-refractivity contribution in [2.75, 3.05) is 5.32 Å². The maximum absolute atomic E-state index is 12.6. The highest BCUT2D eigenvalue weighted by Gasteiger charge is 2.19. The first-order valence-electron chi connectivity index (χ1n) is 8.39. The van der Waals surface area contributed by atoms with Crippen molar-refractivity contribution in [3.63, 3.8) is 0 Å². The topological polar surface area (TPSA) is 103 Å². The van der Waals surface area contributed by atoms with Gasteiger partial charge in [-0.25, -0.2) is 4.98 Å². The second-order valence-corrected chi connectivity index (χ2v) is 6.90. The van der Waals surface area contributed by atoms with E-state index < -0.39 is 5.91 Å². The Bertz CT molecular complexity index is 1130. The number of ketones is 1.